The van der Waals surface area contributed by atoms with E-state index < -0.39 is 11.6 Å². The van der Waals surface area contributed by atoms with Crippen molar-refractivity contribution in [1.82, 2.24) is 15.5 Å². The molecule has 1 aromatic heterocycles. The van der Waals surface area contributed by atoms with Crippen LogP contribution in [0.25, 0.3) is 0 Å². The van der Waals surface area contributed by atoms with Gasteiger partial charge in [-0.1, -0.05) is 23.5 Å². The van der Waals surface area contributed by atoms with Crippen molar-refractivity contribution in [3.63, 3.8) is 0 Å². The molecule has 1 aromatic carbocycles. The second kappa shape index (κ2) is 6.59. The Balaban J connectivity index is 1.50. The number of urea groups is 1. The fourth-order valence-electron chi connectivity index (χ4n) is 2.30. The van der Waals surface area contributed by atoms with Crippen LogP contribution in [0.1, 0.15) is 29.8 Å². The van der Waals surface area contributed by atoms with Crippen LogP contribution in [0.3, 0.4) is 0 Å². The monoisotopic (exact) mass is 336 g/mol. The molecule has 0 bridgehead atoms. The molecule has 2 aromatic rings. The first-order valence-corrected chi connectivity index (χ1v) is 8.18. The van der Waals surface area contributed by atoms with Crippen molar-refractivity contribution in [2.24, 2.45) is 0 Å². The molecule has 1 fully saturated rings. The summed E-state index contributed by atoms with van der Waals surface area (Å²) in [5.41, 5.74) is 0.164. The second-order valence-corrected chi connectivity index (χ2v) is 6.75. The number of amides is 2. The number of carbonyl (C=O) groups is 1. The van der Waals surface area contributed by atoms with E-state index in [2.05, 4.69) is 20.8 Å². The number of benzene rings is 1. The number of anilines is 1. The summed E-state index contributed by atoms with van der Waals surface area (Å²) in [6.45, 7) is 0.236. The maximum Gasteiger partial charge on any atom is 0.321 e. The fourth-order valence-corrected chi connectivity index (χ4v) is 3.07. The maximum absolute atomic E-state index is 12.9. The first-order chi connectivity index (χ1) is 11.0. The third-order valence-corrected chi connectivity index (χ3v) is 4.66. The van der Waals surface area contributed by atoms with Gasteiger partial charge in [-0.15, -0.1) is 10.2 Å². The van der Waals surface area contributed by atoms with Gasteiger partial charge in [0.05, 0.1) is 5.60 Å². The fraction of sp³-hybridized carbons (Fsp3) is 0.400. The highest BCUT2D eigenvalue weighted by Crippen LogP contribution is 2.30. The molecule has 3 rings (SSSR count). The van der Waals surface area contributed by atoms with Gasteiger partial charge >= 0.3 is 6.03 Å². The molecule has 1 saturated carbocycles. The molecule has 0 atom stereocenters. The third-order valence-electron chi connectivity index (χ3n) is 3.82. The minimum absolute atomic E-state index is 0.236. The summed E-state index contributed by atoms with van der Waals surface area (Å²) in [5.74, 6) is -0.279. The van der Waals surface area contributed by atoms with Crippen LogP contribution in [0.5, 0.6) is 0 Å². The number of aromatic nitrogens is 2. The van der Waals surface area contributed by atoms with Gasteiger partial charge < -0.3 is 10.4 Å². The Hall–Kier alpha value is -2.06. The molecule has 122 valence electrons. The Morgan fingerprint density at radius 1 is 1.30 bits per heavy atom. The molecular weight excluding hydrogens is 319 g/mol. The highest BCUT2D eigenvalue weighted by atomic mass is 32.1. The van der Waals surface area contributed by atoms with Crippen LogP contribution in [0.4, 0.5) is 14.3 Å². The Kier molecular flexibility index (Phi) is 4.53. The van der Waals surface area contributed by atoms with Crippen LogP contribution in [-0.4, -0.2) is 33.5 Å². The van der Waals surface area contributed by atoms with E-state index in [1.807, 2.05) is 0 Å². The zero-order chi connectivity index (χ0) is 16.3. The molecule has 0 spiro atoms. The lowest BCUT2D eigenvalue weighted by molar-refractivity contribution is -0.0287. The smallest absolute Gasteiger partial charge is 0.321 e. The van der Waals surface area contributed by atoms with Crippen molar-refractivity contribution in [1.29, 1.82) is 0 Å². The third kappa shape index (κ3) is 4.23. The van der Waals surface area contributed by atoms with E-state index in [9.17, 15) is 14.3 Å². The lowest BCUT2D eigenvalue weighted by Gasteiger charge is -2.36. The van der Waals surface area contributed by atoms with Crippen molar-refractivity contribution in [2.45, 2.75) is 31.3 Å². The average Bonchev–Trinajstić information content (AvgIpc) is 2.92. The van der Waals surface area contributed by atoms with Gasteiger partial charge in [-0.2, -0.15) is 0 Å². The lowest BCUT2D eigenvalue weighted by atomic mass is 9.80. The number of halogens is 1. The van der Waals surface area contributed by atoms with Gasteiger partial charge in [0.1, 0.15) is 10.8 Å². The van der Waals surface area contributed by atoms with E-state index >= 15 is 0 Å². The van der Waals surface area contributed by atoms with Crippen LogP contribution in [-0.2, 0) is 6.42 Å². The number of hydrogen-bond donors (Lipinski definition) is 3. The summed E-state index contributed by atoms with van der Waals surface area (Å²) in [7, 11) is 0. The summed E-state index contributed by atoms with van der Waals surface area (Å²) in [5, 5.41) is 24.2. The molecule has 0 aliphatic heterocycles. The average molecular weight is 336 g/mol. The van der Waals surface area contributed by atoms with Crippen molar-refractivity contribution < 1.29 is 14.3 Å². The molecule has 6 nitrogen and oxygen atoms in total. The maximum atomic E-state index is 12.9. The van der Waals surface area contributed by atoms with Gasteiger partial charge in [-0.25, -0.2) is 9.18 Å². The van der Waals surface area contributed by atoms with Gasteiger partial charge in [-0.3, -0.25) is 5.32 Å². The number of aliphatic hydroxyl groups is 1. The molecule has 0 radical (unpaired) electrons. The highest BCUT2D eigenvalue weighted by Gasteiger charge is 2.34. The number of carbonyl (C=O) groups excluding carboxylic acids is 1. The molecular formula is C15H17FN4O2S. The van der Waals surface area contributed by atoms with E-state index in [1.165, 1.54) is 23.5 Å². The van der Waals surface area contributed by atoms with Gasteiger partial charge in [-0.05, 0) is 37.0 Å². The summed E-state index contributed by atoms with van der Waals surface area (Å²) >= 11 is 1.26. The predicted molar refractivity (Wildman–Crippen MR) is 84.9 cm³/mol. The SMILES string of the molecule is O=C(NCC1(O)CCC1)Nc1nnc(Cc2ccc(F)cc2)s1. The zero-order valence-electron chi connectivity index (χ0n) is 12.4. The molecule has 1 heterocycles. The topological polar surface area (TPSA) is 87.1 Å². The minimum Gasteiger partial charge on any atom is -0.388 e. The highest BCUT2D eigenvalue weighted by molar-refractivity contribution is 7.15. The Morgan fingerprint density at radius 2 is 2.04 bits per heavy atom. The van der Waals surface area contributed by atoms with E-state index in [1.54, 1.807) is 12.1 Å². The molecule has 1 aliphatic carbocycles. The first-order valence-electron chi connectivity index (χ1n) is 7.36. The van der Waals surface area contributed by atoms with Crippen molar-refractivity contribution in [3.05, 3.63) is 40.7 Å². The molecule has 3 N–H and O–H groups in total. The van der Waals surface area contributed by atoms with Gasteiger partial charge in [0, 0.05) is 13.0 Å². The summed E-state index contributed by atoms with van der Waals surface area (Å²) in [6, 6.07) is 5.77. The zero-order valence-corrected chi connectivity index (χ0v) is 13.2. The largest absolute Gasteiger partial charge is 0.388 e. The lowest BCUT2D eigenvalue weighted by Crippen LogP contribution is -2.48. The van der Waals surface area contributed by atoms with E-state index in [-0.39, 0.29) is 12.4 Å². The van der Waals surface area contributed by atoms with Crippen LogP contribution >= 0.6 is 11.3 Å². The van der Waals surface area contributed by atoms with Crippen LogP contribution < -0.4 is 10.6 Å². The summed E-state index contributed by atoms with van der Waals surface area (Å²) in [4.78, 5) is 11.8. The van der Waals surface area contributed by atoms with Crippen LogP contribution in [0.2, 0.25) is 0 Å². The van der Waals surface area contributed by atoms with Crippen molar-refractivity contribution in [3.8, 4) is 0 Å². The molecule has 0 saturated heterocycles. The Morgan fingerprint density at radius 3 is 2.70 bits per heavy atom. The number of nitrogens with one attached hydrogen (secondary N) is 2. The minimum atomic E-state index is -0.758. The normalized spacial score (nSPS) is 15.7. The first kappa shape index (κ1) is 15.8. The standard InChI is InChI=1S/C15H17FN4O2S/c16-11-4-2-10(3-5-11)8-12-19-20-14(23-12)18-13(21)17-9-15(22)6-1-7-15/h2-5,22H,1,6-9H2,(H2,17,18,20,21). The van der Waals surface area contributed by atoms with E-state index in [0.717, 1.165) is 17.0 Å². The number of rotatable bonds is 5. The number of nitrogens with zero attached hydrogens (tertiary/aromatic N) is 2. The van der Waals surface area contributed by atoms with Crippen LogP contribution in [0, 0.1) is 5.82 Å². The van der Waals surface area contributed by atoms with E-state index in [4.69, 9.17) is 0 Å². The number of hydrogen-bond acceptors (Lipinski definition) is 5. The molecule has 2 amide bonds. The quantitative estimate of drug-likeness (QED) is 0.782. The Labute approximate surface area is 136 Å². The van der Waals surface area contributed by atoms with Crippen LogP contribution in [0.15, 0.2) is 24.3 Å². The molecule has 0 unspecified atom stereocenters. The predicted octanol–water partition coefficient (Wildman–Crippen LogP) is 2.30. The molecule has 1 aliphatic rings. The molecule has 23 heavy (non-hydrogen) atoms. The van der Waals surface area contributed by atoms with Crippen molar-refractivity contribution in [2.75, 3.05) is 11.9 Å². The Bertz CT molecular complexity index is 685. The molecule has 8 heteroatoms. The van der Waals surface area contributed by atoms with Crippen molar-refractivity contribution >= 4 is 22.5 Å². The van der Waals surface area contributed by atoms with Gasteiger partial charge in [0.15, 0.2) is 0 Å². The second-order valence-electron chi connectivity index (χ2n) is 5.69. The summed E-state index contributed by atoms with van der Waals surface area (Å²) < 4.78 is 12.9. The van der Waals surface area contributed by atoms with Gasteiger partial charge in [0.2, 0.25) is 5.13 Å². The van der Waals surface area contributed by atoms with Gasteiger partial charge in [0.25, 0.3) is 0 Å². The summed E-state index contributed by atoms with van der Waals surface area (Å²) in [6.07, 6.45) is 2.95. The van der Waals surface area contributed by atoms with E-state index in [0.29, 0.717) is 24.4 Å².